The number of hydrogen-bond acceptors (Lipinski definition) is 5. The van der Waals surface area contributed by atoms with E-state index in [1.807, 2.05) is 0 Å². The Labute approximate surface area is 98.5 Å². The van der Waals surface area contributed by atoms with Crippen LogP contribution in [0.2, 0.25) is 0 Å². The molecule has 0 spiro atoms. The van der Waals surface area contributed by atoms with Crippen molar-refractivity contribution in [2.75, 3.05) is 0 Å². The molecule has 0 radical (unpaired) electrons. The molecule has 2 aromatic rings. The summed E-state index contributed by atoms with van der Waals surface area (Å²) >= 11 is 0. The van der Waals surface area contributed by atoms with Crippen molar-refractivity contribution in [1.82, 2.24) is 4.72 Å². The molecule has 2 heterocycles. The molecule has 0 aliphatic carbocycles. The van der Waals surface area contributed by atoms with Gasteiger partial charge in [-0.2, -0.15) is 0 Å². The van der Waals surface area contributed by atoms with Gasteiger partial charge in [-0.15, -0.1) is 0 Å². The van der Waals surface area contributed by atoms with Gasteiger partial charge in [0, 0.05) is 0 Å². The zero-order chi connectivity index (χ0) is 12.3. The second-order valence-electron chi connectivity index (χ2n) is 3.33. The molecule has 7 heteroatoms. The molecule has 0 atom stereocenters. The first-order chi connectivity index (χ1) is 8.12. The van der Waals surface area contributed by atoms with Gasteiger partial charge < -0.3 is 14.6 Å². The van der Waals surface area contributed by atoms with Crippen molar-refractivity contribution in [3.63, 3.8) is 0 Å². The first kappa shape index (κ1) is 11.9. The van der Waals surface area contributed by atoms with Gasteiger partial charge in [-0.05, 0) is 24.3 Å². The molecule has 6 nitrogen and oxygen atoms in total. The monoisotopic (exact) mass is 256 g/mol. The Bertz CT molecular complexity index is 571. The lowest BCUT2D eigenvalue weighted by Gasteiger charge is -2.01. The highest BCUT2D eigenvalue weighted by Crippen LogP contribution is 2.13. The Morgan fingerprint density at radius 1 is 1.24 bits per heavy atom. The molecule has 0 aliphatic heterocycles. The SMILES string of the molecule is NCc1ccc(S(=O)(=O)NCc2ccco2)o1. The number of sulfonamides is 1. The average molecular weight is 256 g/mol. The van der Waals surface area contributed by atoms with E-state index >= 15 is 0 Å². The van der Waals surface area contributed by atoms with Crippen LogP contribution in [0.4, 0.5) is 0 Å². The molecule has 17 heavy (non-hydrogen) atoms. The van der Waals surface area contributed by atoms with Crippen LogP contribution in [0.3, 0.4) is 0 Å². The van der Waals surface area contributed by atoms with Gasteiger partial charge in [0.25, 0.3) is 10.0 Å². The van der Waals surface area contributed by atoms with E-state index in [2.05, 4.69) is 4.72 Å². The van der Waals surface area contributed by atoms with Crippen LogP contribution in [0.25, 0.3) is 0 Å². The maximum absolute atomic E-state index is 11.8. The first-order valence-corrected chi connectivity index (χ1v) is 6.41. The van der Waals surface area contributed by atoms with Gasteiger partial charge in [0.05, 0.1) is 19.4 Å². The highest BCUT2D eigenvalue weighted by molar-refractivity contribution is 7.89. The summed E-state index contributed by atoms with van der Waals surface area (Å²) in [6.07, 6.45) is 1.48. The lowest BCUT2D eigenvalue weighted by atomic mass is 10.5. The Morgan fingerprint density at radius 2 is 2.06 bits per heavy atom. The molecule has 0 amide bonds. The van der Waals surface area contributed by atoms with Gasteiger partial charge in [-0.3, -0.25) is 0 Å². The minimum Gasteiger partial charge on any atom is -0.468 e. The van der Waals surface area contributed by atoms with E-state index in [1.165, 1.54) is 18.4 Å². The van der Waals surface area contributed by atoms with Gasteiger partial charge in [0.2, 0.25) is 5.09 Å². The van der Waals surface area contributed by atoms with Crippen LogP contribution in [-0.4, -0.2) is 8.42 Å². The van der Waals surface area contributed by atoms with E-state index in [4.69, 9.17) is 14.6 Å². The Hall–Kier alpha value is -1.57. The molecule has 0 aliphatic rings. The molecule has 0 fully saturated rings. The fourth-order valence-corrected chi connectivity index (χ4v) is 2.20. The number of nitrogens with two attached hydrogens (primary N) is 1. The third-order valence-electron chi connectivity index (χ3n) is 2.12. The average Bonchev–Trinajstić information content (AvgIpc) is 2.98. The van der Waals surface area contributed by atoms with Crippen molar-refractivity contribution < 1.29 is 17.3 Å². The molecule has 0 saturated heterocycles. The number of nitrogens with one attached hydrogen (secondary N) is 1. The molecule has 0 saturated carbocycles. The van der Waals surface area contributed by atoms with E-state index in [1.54, 1.807) is 12.1 Å². The predicted molar refractivity (Wildman–Crippen MR) is 59.3 cm³/mol. The van der Waals surface area contributed by atoms with E-state index in [0.29, 0.717) is 11.5 Å². The maximum atomic E-state index is 11.8. The van der Waals surface area contributed by atoms with Crippen LogP contribution in [0.15, 0.2) is 44.5 Å². The topological polar surface area (TPSA) is 98.5 Å². The first-order valence-electron chi connectivity index (χ1n) is 4.92. The summed E-state index contributed by atoms with van der Waals surface area (Å²) in [5.74, 6) is 0.947. The Balaban J connectivity index is 2.08. The second-order valence-corrected chi connectivity index (χ2v) is 5.03. The fraction of sp³-hybridized carbons (Fsp3) is 0.200. The number of hydrogen-bond donors (Lipinski definition) is 2. The molecule has 2 rings (SSSR count). The fourth-order valence-electron chi connectivity index (χ4n) is 1.26. The Kier molecular flexibility index (Phi) is 3.32. The molecular formula is C10H12N2O4S. The van der Waals surface area contributed by atoms with Crippen molar-refractivity contribution >= 4 is 10.0 Å². The zero-order valence-corrected chi connectivity index (χ0v) is 9.74. The van der Waals surface area contributed by atoms with Crippen LogP contribution in [0.1, 0.15) is 11.5 Å². The molecule has 0 bridgehead atoms. The summed E-state index contributed by atoms with van der Waals surface area (Å²) in [7, 11) is -3.66. The standard InChI is InChI=1S/C10H12N2O4S/c11-6-8-3-4-10(16-8)17(13,14)12-7-9-2-1-5-15-9/h1-5,12H,6-7,11H2. The molecule has 0 unspecified atom stereocenters. The number of furan rings is 2. The smallest absolute Gasteiger partial charge is 0.274 e. The van der Waals surface area contributed by atoms with Crippen molar-refractivity contribution in [3.8, 4) is 0 Å². The van der Waals surface area contributed by atoms with Crippen LogP contribution in [0.5, 0.6) is 0 Å². The predicted octanol–water partition coefficient (Wildman–Crippen LogP) is 0.810. The molecule has 0 aromatic carbocycles. The molecule has 3 N–H and O–H groups in total. The van der Waals surface area contributed by atoms with Crippen molar-refractivity contribution in [1.29, 1.82) is 0 Å². The van der Waals surface area contributed by atoms with Gasteiger partial charge >= 0.3 is 0 Å². The summed E-state index contributed by atoms with van der Waals surface area (Å²) in [5.41, 5.74) is 5.33. The van der Waals surface area contributed by atoms with E-state index in [-0.39, 0.29) is 18.2 Å². The molecule has 92 valence electrons. The minimum atomic E-state index is -3.66. The summed E-state index contributed by atoms with van der Waals surface area (Å²) in [5, 5.41) is -0.149. The van der Waals surface area contributed by atoms with Crippen molar-refractivity contribution in [3.05, 3.63) is 42.0 Å². The lowest BCUT2D eigenvalue weighted by molar-refractivity contribution is 0.411. The summed E-state index contributed by atoms with van der Waals surface area (Å²) < 4.78 is 36.0. The van der Waals surface area contributed by atoms with E-state index in [0.717, 1.165) is 0 Å². The van der Waals surface area contributed by atoms with Gasteiger partial charge in [-0.1, -0.05) is 0 Å². The minimum absolute atomic E-state index is 0.0774. The van der Waals surface area contributed by atoms with E-state index < -0.39 is 10.0 Å². The van der Waals surface area contributed by atoms with Crippen LogP contribution >= 0.6 is 0 Å². The largest absolute Gasteiger partial charge is 0.468 e. The zero-order valence-electron chi connectivity index (χ0n) is 8.92. The highest BCUT2D eigenvalue weighted by Gasteiger charge is 2.18. The number of rotatable bonds is 5. The molecule has 2 aromatic heterocycles. The normalized spacial score (nSPS) is 11.8. The van der Waals surface area contributed by atoms with Crippen LogP contribution < -0.4 is 10.5 Å². The summed E-state index contributed by atoms with van der Waals surface area (Å²) in [6, 6.07) is 6.26. The van der Waals surface area contributed by atoms with Crippen molar-refractivity contribution in [2.24, 2.45) is 5.73 Å². The van der Waals surface area contributed by atoms with Crippen LogP contribution in [0, 0.1) is 0 Å². The maximum Gasteiger partial charge on any atom is 0.274 e. The van der Waals surface area contributed by atoms with Crippen LogP contribution in [-0.2, 0) is 23.1 Å². The lowest BCUT2D eigenvalue weighted by Crippen LogP contribution is -2.22. The highest BCUT2D eigenvalue weighted by atomic mass is 32.2. The van der Waals surface area contributed by atoms with E-state index in [9.17, 15) is 8.42 Å². The quantitative estimate of drug-likeness (QED) is 0.824. The Morgan fingerprint density at radius 3 is 2.65 bits per heavy atom. The summed E-state index contributed by atoms with van der Waals surface area (Å²) in [6.45, 7) is 0.238. The summed E-state index contributed by atoms with van der Waals surface area (Å²) in [4.78, 5) is 0. The van der Waals surface area contributed by atoms with Crippen molar-refractivity contribution in [2.45, 2.75) is 18.2 Å². The van der Waals surface area contributed by atoms with Gasteiger partial charge in [-0.25, -0.2) is 13.1 Å². The van der Waals surface area contributed by atoms with Gasteiger partial charge in [0.15, 0.2) is 0 Å². The van der Waals surface area contributed by atoms with Gasteiger partial charge in [0.1, 0.15) is 11.5 Å². The third-order valence-corrected chi connectivity index (χ3v) is 3.39. The second kappa shape index (κ2) is 4.74. The third kappa shape index (κ3) is 2.76. The molecular weight excluding hydrogens is 244 g/mol.